The molecule has 0 spiro atoms. The van der Waals surface area contributed by atoms with Crippen LogP contribution in [-0.2, 0) is 6.42 Å². The summed E-state index contributed by atoms with van der Waals surface area (Å²) in [6.45, 7) is 8.56. The first kappa shape index (κ1) is 13.8. The zero-order valence-electron chi connectivity index (χ0n) is 12.1. The molecule has 0 saturated carbocycles. The van der Waals surface area contributed by atoms with Gasteiger partial charge in [0.15, 0.2) is 0 Å². The van der Waals surface area contributed by atoms with Crippen molar-refractivity contribution in [3.8, 4) is 5.69 Å². The van der Waals surface area contributed by atoms with Crippen LogP contribution in [0.4, 0.5) is 0 Å². The molecule has 102 valence electrons. The van der Waals surface area contributed by atoms with E-state index >= 15 is 0 Å². The molecule has 0 atom stereocenters. The Balaban J connectivity index is 2.16. The van der Waals surface area contributed by atoms with Crippen molar-refractivity contribution in [3.05, 3.63) is 47.3 Å². The van der Waals surface area contributed by atoms with Crippen LogP contribution in [0.1, 0.15) is 30.3 Å². The average Bonchev–Trinajstić information content (AvgIpc) is 2.72. The molecular formula is C16H23N3. The minimum atomic E-state index is 1.02. The van der Waals surface area contributed by atoms with Crippen LogP contribution in [0.2, 0.25) is 0 Å². The minimum Gasteiger partial charge on any atom is -0.316 e. The summed E-state index contributed by atoms with van der Waals surface area (Å²) in [7, 11) is 0. The summed E-state index contributed by atoms with van der Waals surface area (Å²) < 4.78 is 2.05. The van der Waals surface area contributed by atoms with Gasteiger partial charge in [0.1, 0.15) is 0 Å². The number of aryl methyl sites for hydroxylation is 1. The number of rotatable bonds is 6. The minimum absolute atomic E-state index is 1.02. The molecule has 0 amide bonds. The summed E-state index contributed by atoms with van der Waals surface area (Å²) in [5, 5.41) is 8.12. The maximum Gasteiger partial charge on any atom is 0.0648 e. The topological polar surface area (TPSA) is 29.9 Å². The molecule has 0 radical (unpaired) electrons. The highest BCUT2D eigenvalue weighted by Crippen LogP contribution is 2.17. The number of para-hydroxylation sites is 1. The van der Waals surface area contributed by atoms with Crippen LogP contribution < -0.4 is 5.32 Å². The zero-order chi connectivity index (χ0) is 13.7. The van der Waals surface area contributed by atoms with Crippen molar-refractivity contribution < 1.29 is 0 Å². The van der Waals surface area contributed by atoms with E-state index in [-0.39, 0.29) is 0 Å². The van der Waals surface area contributed by atoms with Gasteiger partial charge in [0.05, 0.1) is 11.4 Å². The molecule has 1 N–H and O–H groups in total. The Kier molecular flexibility index (Phi) is 4.74. The van der Waals surface area contributed by atoms with Gasteiger partial charge in [0.25, 0.3) is 0 Å². The van der Waals surface area contributed by atoms with E-state index in [1.165, 1.54) is 17.7 Å². The number of aromatic nitrogens is 2. The first-order chi connectivity index (χ1) is 9.24. The van der Waals surface area contributed by atoms with Crippen LogP contribution in [0.15, 0.2) is 30.3 Å². The number of hydrogen-bond acceptors (Lipinski definition) is 2. The molecule has 19 heavy (non-hydrogen) atoms. The van der Waals surface area contributed by atoms with Gasteiger partial charge >= 0.3 is 0 Å². The molecule has 0 unspecified atom stereocenters. The quantitative estimate of drug-likeness (QED) is 0.806. The first-order valence-corrected chi connectivity index (χ1v) is 7.05. The lowest BCUT2D eigenvalue weighted by Gasteiger charge is -2.06. The molecule has 1 heterocycles. The molecule has 1 aromatic carbocycles. The molecule has 0 saturated heterocycles. The van der Waals surface area contributed by atoms with Gasteiger partial charge in [-0.05, 0) is 57.5 Å². The monoisotopic (exact) mass is 257 g/mol. The van der Waals surface area contributed by atoms with Gasteiger partial charge < -0.3 is 5.32 Å². The summed E-state index contributed by atoms with van der Waals surface area (Å²) in [6.07, 6.45) is 2.23. The lowest BCUT2D eigenvalue weighted by molar-refractivity contribution is 0.669. The third-order valence-corrected chi connectivity index (χ3v) is 3.42. The average molecular weight is 257 g/mol. The zero-order valence-corrected chi connectivity index (χ0v) is 12.1. The third-order valence-electron chi connectivity index (χ3n) is 3.42. The second-order valence-electron chi connectivity index (χ2n) is 4.90. The van der Waals surface area contributed by atoms with Crippen LogP contribution in [0.5, 0.6) is 0 Å². The third kappa shape index (κ3) is 3.24. The van der Waals surface area contributed by atoms with Gasteiger partial charge in [0, 0.05) is 5.69 Å². The maximum atomic E-state index is 4.67. The number of nitrogens with zero attached hydrogens (tertiary/aromatic N) is 2. The summed E-state index contributed by atoms with van der Waals surface area (Å²) in [6, 6.07) is 10.3. The number of hydrogen-bond donors (Lipinski definition) is 1. The molecule has 2 aromatic rings. The fourth-order valence-corrected chi connectivity index (χ4v) is 2.37. The van der Waals surface area contributed by atoms with Crippen molar-refractivity contribution in [1.29, 1.82) is 0 Å². The Bertz CT molecular complexity index is 514. The Hall–Kier alpha value is -1.61. The molecule has 1 aromatic heterocycles. The van der Waals surface area contributed by atoms with Crippen LogP contribution in [0, 0.1) is 13.8 Å². The van der Waals surface area contributed by atoms with Crippen molar-refractivity contribution in [2.45, 2.75) is 33.6 Å². The van der Waals surface area contributed by atoms with Crippen molar-refractivity contribution >= 4 is 0 Å². The Morgan fingerprint density at radius 3 is 2.53 bits per heavy atom. The molecule has 0 aliphatic rings. The van der Waals surface area contributed by atoms with E-state index < -0.39 is 0 Å². The SMILES string of the molecule is CCCNCCc1c(C)nn(-c2ccccc2)c1C. The van der Waals surface area contributed by atoms with Crippen LogP contribution in [-0.4, -0.2) is 22.9 Å². The Morgan fingerprint density at radius 2 is 1.84 bits per heavy atom. The lowest BCUT2D eigenvalue weighted by Crippen LogP contribution is -2.18. The fourth-order valence-electron chi connectivity index (χ4n) is 2.37. The van der Waals surface area contributed by atoms with E-state index in [1.54, 1.807) is 0 Å². The summed E-state index contributed by atoms with van der Waals surface area (Å²) in [4.78, 5) is 0. The van der Waals surface area contributed by atoms with Gasteiger partial charge in [-0.25, -0.2) is 4.68 Å². The van der Waals surface area contributed by atoms with Crippen molar-refractivity contribution in [2.75, 3.05) is 13.1 Å². The van der Waals surface area contributed by atoms with Gasteiger partial charge in [-0.15, -0.1) is 0 Å². The molecule has 0 aliphatic heterocycles. The standard InChI is InChI=1S/C16H23N3/c1-4-11-17-12-10-16-13(2)18-19(14(16)3)15-8-6-5-7-9-15/h5-9,17H,4,10-12H2,1-3H3. The second kappa shape index (κ2) is 6.53. The number of nitrogens with one attached hydrogen (secondary N) is 1. The van der Waals surface area contributed by atoms with Crippen molar-refractivity contribution in [3.63, 3.8) is 0 Å². The van der Waals surface area contributed by atoms with Crippen LogP contribution >= 0.6 is 0 Å². The van der Waals surface area contributed by atoms with Crippen LogP contribution in [0.25, 0.3) is 5.69 Å². The van der Waals surface area contributed by atoms with E-state index in [9.17, 15) is 0 Å². The van der Waals surface area contributed by atoms with Crippen molar-refractivity contribution in [2.24, 2.45) is 0 Å². The van der Waals surface area contributed by atoms with E-state index in [2.05, 4.69) is 43.3 Å². The van der Waals surface area contributed by atoms with Crippen LogP contribution in [0.3, 0.4) is 0 Å². The fraction of sp³-hybridized carbons (Fsp3) is 0.438. The molecule has 0 bridgehead atoms. The smallest absolute Gasteiger partial charge is 0.0648 e. The summed E-state index contributed by atoms with van der Waals surface area (Å²) in [5.41, 5.74) is 4.89. The largest absolute Gasteiger partial charge is 0.316 e. The summed E-state index contributed by atoms with van der Waals surface area (Å²) in [5.74, 6) is 0. The van der Waals surface area contributed by atoms with Gasteiger partial charge in [0.2, 0.25) is 0 Å². The van der Waals surface area contributed by atoms with E-state index in [1.807, 2.05) is 22.9 Å². The maximum absolute atomic E-state index is 4.67. The van der Waals surface area contributed by atoms with Gasteiger partial charge in [-0.1, -0.05) is 25.1 Å². The second-order valence-corrected chi connectivity index (χ2v) is 4.90. The highest BCUT2D eigenvalue weighted by Gasteiger charge is 2.11. The van der Waals surface area contributed by atoms with E-state index in [4.69, 9.17) is 0 Å². The Labute approximate surface area is 115 Å². The molecule has 3 heteroatoms. The predicted octanol–water partition coefficient (Wildman–Crippen LogP) is 3.03. The molecule has 0 aliphatic carbocycles. The lowest BCUT2D eigenvalue weighted by atomic mass is 10.1. The molecule has 3 nitrogen and oxygen atoms in total. The predicted molar refractivity (Wildman–Crippen MR) is 79.9 cm³/mol. The normalized spacial score (nSPS) is 10.9. The first-order valence-electron chi connectivity index (χ1n) is 7.05. The van der Waals surface area contributed by atoms with Gasteiger partial charge in [-0.3, -0.25) is 0 Å². The Morgan fingerprint density at radius 1 is 1.11 bits per heavy atom. The van der Waals surface area contributed by atoms with Gasteiger partial charge in [-0.2, -0.15) is 5.10 Å². The molecular weight excluding hydrogens is 234 g/mol. The van der Waals surface area contributed by atoms with E-state index in [0.29, 0.717) is 0 Å². The van der Waals surface area contributed by atoms with Crippen molar-refractivity contribution in [1.82, 2.24) is 15.1 Å². The summed E-state index contributed by atoms with van der Waals surface area (Å²) >= 11 is 0. The molecule has 2 rings (SSSR count). The van der Waals surface area contributed by atoms with E-state index in [0.717, 1.165) is 30.9 Å². The highest BCUT2D eigenvalue weighted by molar-refractivity contribution is 5.36. The number of benzene rings is 1. The molecule has 0 fully saturated rings. The highest BCUT2D eigenvalue weighted by atomic mass is 15.3.